The molecule has 0 aliphatic carbocycles. The first-order chi connectivity index (χ1) is 11.2. The number of piperidine rings is 1. The van der Waals surface area contributed by atoms with Crippen LogP contribution in [0.25, 0.3) is 0 Å². The third-order valence-electron chi connectivity index (χ3n) is 4.72. The summed E-state index contributed by atoms with van der Waals surface area (Å²) in [5, 5.41) is 0. The number of nitrogens with zero attached hydrogens (tertiary/aromatic N) is 1. The molecular formula is C19H18BrNO2. The van der Waals surface area contributed by atoms with Crippen LogP contribution < -0.4 is 4.74 Å². The molecule has 1 unspecified atom stereocenters. The van der Waals surface area contributed by atoms with Gasteiger partial charge in [-0.3, -0.25) is 9.69 Å². The number of rotatable bonds is 1. The summed E-state index contributed by atoms with van der Waals surface area (Å²) in [6.07, 6.45) is 1.28. The van der Waals surface area contributed by atoms with Gasteiger partial charge in [0.25, 0.3) is 0 Å². The van der Waals surface area contributed by atoms with E-state index in [-0.39, 0.29) is 6.04 Å². The molecule has 0 spiro atoms. The SMILES string of the molecule is O=C1CCN(C2c3ccccc3COc3ccc(Br)cc32)CC1. The fourth-order valence-electron chi connectivity index (χ4n) is 3.54. The molecule has 0 saturated carbocycles. The van der Waals surface area contributed by atoms with Crippen LogP contribution in [0.4, 0.5) is 0 Å². The van der Waals surface area contributed by atoms with E-state index in [1.807, 2.05) is 12.1 Å². The minimum Gasteiger partial charge on any atom is -0.489 e. The number of hydrogen-bond donors (Lipinski definition) is 0. The van der Waals surface area contributed by atoms with Crippen molar-refractivity contribution >= 4 is 21.7 Å². The van der Waals surface area contributed by atoms with Gasteiger partial charge in [-0.25, -0.2) is 0 Å². The van der Waals surface area contributed by atoms with Gasteiger partial charge in [0.15, 0.2) is 0 Å². The van der Waals surface area contributed by atoms with E-state index in [1.165, 1.54) is 16.7 Å². The van der Waals surface area contributed by atoms with E-state index in [9.17, 15) is 4.79 Å². The highest BCUT2D eigenvalue weighted by atomic mass is 79.9. The molecule has 2 aromatic rings. The minimum absolute atomic E-state index is 0.147. The van der Waals surface area contributed by atoms with Crippen molar-refractivity contribution in [1.29, 1.82) is 0 Å². The van der Waals surface area contributed by atoms with Gasteiger partial charge in [0.05, 0.1) is 6.04 Å². The molecule has 0 radical (unpaired) electrons. The number of hydrogen-bond acceptors (Lipinski definition) is 3. The summed E-state index contributed by atoms with van der Waals surface area (Å²) in [5.41, 5.74) is 3.69. The van der Waals surface area contributed by atoms with Crippen LogP contribution in [0.2, 0.25) is 0 Å². The average molecular weight is 372 g/mol. The first-order valence-corrected chi connectivity index (χ1v) is 8.77. The predicted octanol–water partition coefficient (Wildman–Crippen LogP) is 4.10. The molecule has 1 atom stereocenters. The molecule has 2 aromatic carbocycles. The molecule has 23 heavy (non-hydrogen) atoms. The number of carbonyl (C=O) groups is 1. The van der Waals surface area contributed by atoms with E-state index in [0.29, 0.717) is 25.2 Å². The molecule has 0 amide bonds. The lowest BCUT2D eigenvalue weighted by atomic mass is 9.92. The number of Topliss-reactive ketones (excluding diaryl/α,β-unsaturated/α-hetero) is 1. The third-order valence-corrected chi connectivity index (χ3v) is 5.21. The second-order valence-corrected chi connectivity index (χ2v) is 7.06. The minimum atomic E-state index is 0.147. The first kappa shape index (κ1) is 14.9. The normalized spacial score (nSPS) is 21.1. The fourth-order valence-corrected chi connectivity index (χ4v) is 3.92. The van der Waals surface area contributed by atoms with Gasteiger partial charge >= 0.3 is 0 Å². The molecule has 2 aliphatic heterocycles. The van der Waals surface area contributed by atoms with Crippen LogP contribution in [-0.4, -0.2) is 23.8 Å². The summed E-state index contributed by atoms with van der Waals surface area (Å²) in [6, 6.07) is 14.8. The molecule has 118 valence electrons. The van der Waals surface area contributed by atoms with Crippen LogP contribution in [0, 0.1) is 0 Å². The van der Waals surface area contributed by atoms with Crippen molar-refractivity contribution in [2.45, 2.75) is 25.5 Å². The topological polar surface area (TPSA) is 29.5 Å². The Hall–Kier alpha value is -1.65. The van der Waals surface area contributed by atoms with Crippen LogP contribution in [-0.2, 0) is 11.4 Å². The maximum atomic E-state index is 11.6. The second kappa shape index (κ2) is 6.10. The lowest BCUT2D eigenvalue weighted by Crippen LogP contribution is -2.37. The largest absolute Gasteiger partial charge is 0.489 e. The zero-order chi connectivity index (χ0) is 15.8. The van der Waals surface area contributed by atoms with Crippen LogP contribution >= 0.6 is 15.9 Å². The monoisotopic (exact) mass is 371 g/mol. The van der Waals surface area contributed by atoms with Gasteiger partial charge in [-0.2, -0.15) is 0 Å². The van der Waals surface area contributed by atoms with Crippen LogP contribution in [0.1, 0.15) is 35.6 Å². The molecule has 0 N–H and O–H groups in total. The van der Waals surface area contributed by atoms with Crippen molar-refractivity contribution < 1.29 is 9.53 Å². The van der Waals surface area contributed by atoms with Crippen molar-refractivity contribution in [2.75, 3.05) is 13.1 Å². The number of likely N-dealkylation sites (tertiary alicyclic amines) is 1. The van der Waals surface area contributed by atoms with Crippen molar-refractivity contribution in [1.82, 2.24) is 4.90 Å². The van der Waals surface area contributed by atoms with Crippen molar-refractivity contribution in [3.8, 4) is 5.75 Å². The lowest BCUT2D eigenvalue weighted by molar-refractivity contribution is -0.121. The Balaban J connectivity index is 1.84. The van der Waals surface area contributed by atoms with Gasteiger partial charge in [0.1, 0.15) is 18.1 Å². The highest BCUT2D eigenvalue weighted by molar-refractivity contribution is 9.10. The predicted molar refractivity (Wildman–Crippen MR) is 92.6 cm³/mol. The summed E-state index contributed by atoms with van der Waals surface area (Å²) >= 11 is 3.59. The number of carbonyl (C=O) groups excluding carboxylic acids is 1. The fraction of sp³-hybridized carbons (Fsp3) is 0.316. The molecule has 3 nitrogen and oxygen atoms in total. The summed E-state index contributed by atoms with van der Waals surface area (Å²) in [7, 11) is 0. The number of benzene rings is 2. The molecule has 0 bridgehead atoms. The standard InChI is InChI=1S/C19H18BrNO2/c20-14-5-6-18-17(11-14)19(21-9-7-15(22)8-10-21)16-4-2-1-3-13(16)12-23-18/h1-6,11,19H,7-10,12H2. The van der Waals surface area contributed by atoms with Gasteiger partial charge < -0.3 is 4.74 Å². The van der Waals surface area contributed by atoms with Crippen LogP contribution in [0.15, 0.2) is 46.9 Å². The molecule has 4 rings (SSSR count). The van der Waals surface area contributed by atoms with E-state index in [1.54, 1.807) is 0 Å². The number of fused-ring (bicyclic) bond motifs is 2. The molecule has 1 fully saturated rings. The molecule has 2 heterocycles. The summed E-state index contributed by atoms with van der Waals surface area (Å²) in [5.74, 6) is 1.31. The number of ether oxygens (including phenoxy) is 1. The van der Waals surface area contributed by atoms with Gasteiger partial charge in [0.2, 0.25) is 0 Å². The van der Waals surface area contributed by atoms with Gasteiger partial charge in [-0.1, -0.05) is 40.2 Å². The lowest BCUT2D eigenvalue weighted by Gasteiger charge is -2.35. The highest BCUT2D eigenvalue weighted by Crippen LogP contribution is 2.41. The van der Waals surface area contributed by atoms with Gasteiger partial charge in [-0.05, 0) is 29.3 Å². The Morgan fingerprint density at radius 1 is 1.04 bits per heavy atom. The molecular weight excluding hydrogens is 354 g/mol. The summed E-state index contributed by atoms with van der Waals surface area (Å²) in [4.78, 5) is 14.1. The van der Waals surface area contributed by atoms with E-state index >= 15 is 0 Å². The van der Waals surface area contributed by atoms with E-state index in [4.69, 9.17) is 4.74 Å². The van der Waals surface area contributed by atoms with E-state index < -0.39 is 0 Å². The molecule has 4 heteroatoms. The van der Waals surface area contributed by atoms with Gasteiger partial charge in [0, 0.05) is 36.0 Å². The zero-order valence-electron chi connectivity index (χ0n) is 12.8. The summed E-state index contributed by atoms with van der Waals surface area (Å²) < 4.78 is 7.11. The number of ketones is 1. The van der Waals surface area contributed by atoms with Crippen molar-refractivity contribution in [3.63, 3.8) is 0 Å². The first-order valence-electron chi connectivity index (χ1n) is 7.98. The maximum Gasteiger partial charge on any atom is 0.135 e. The smallest absolute Gasteiger partial charge is 0.135 e. The highest BCUT2D eigenvalue weighted by Gasteiger charge is 2.31. The molecule has 0 aromatic heterocycles. The second-order valence-electron chi connectivity index (χ2n) is 6.15. The Bertz CT molecular complexity index is 749. The Kier molecular flexibility index (Phi) is 3.95. The zero-order valence-corrected chi connectivity index (χ0v) is 14.4. The van der Waals surface area contributed by atoms with E-state index in [0.717, 1.165) is 23.3 Å². The third kappa shape index (κ3) is 2.81. The quantitative estimate of drug-likeness (QED) is 0.755. The molecule has 2 aliphatic rings. The Morgan fingerprint density at radius 2 is 1.83 bits per heavy atom. The van der Waals surface area contributed by atoms with E-state index in [2.05, 4.69) is 51.2 Å². The van der Waals surface area contributed by atoms with Crippen LogP contribution in [0.3, 0.4) is 0 Å². The average Bonchev–Trinajstić information content (AvgIpc) is 2.72. The Morgan fingerprint density at radius 3 is 2.65 bits per heavy atom. The summed E-state index contributed by atoms with van der Waals surface area (Å²) in [6.45, 7) is 2.21. The van der Waals surface area contributed by atoms with Crippen molar-refractivity contribution in [2.24, 2.45) is 0 Å². The van der Waals surface area contributed by atoms with Crippen LogP contribution in [0.5, 0.6) is 5.75 Å². The number of halogens is 1. The van der Waals surface area contributed by atoms with Gasteiger partial charge in [-0.15, -0.1) is 0 Å². The molecule has 1 saturated heterocycles. The van der Waals surface area contributed by atoms with Crippen molar-refractivity contribution in [3.05, 3.63) is 63.6 Å². The Labute approximate surface area is 144 Å². The maximum absolute atomic E-state index is 11.6.